The van der Waals surface area contributed by atoms with Crippen LogP contribution in [0.2, 0.25) is 0 Å². The first kappa shape index (κ1) is 18.9. The Bertz CT molecular complexity index is 976. The molecule has 0 bridgehead atoms. The number of hydrogen-bond donors (Lipinski definition) is 1. The molecule has 4 aromatic carbocycles. The normalized spacial score (nSPS) is 11.7. The van der Waals surface area contributed by atoms with Gasteiger partial charge in [0.15, 0.2) is 0 Å². The van der Waals surface area contributed by atoms with Crippen LogP contribution in [0.15, 0.2) is 54.6 Å². The standard InChI is InChI=1S/C23H26N2.ClH/c1-3-25(4-2)15-14-24-16-20-11-10-19-9-8-17-6-5-7-18-12-13-21(20)23(19)22(17)18;/h5-13,24H,3-4,14-16H2,1-2H3;1H. The molecule has 0 radical (unpaired) electrons. The number of nitrogens with one attached hydrogen (secondary N) is 1. The number of nitrogens with zero attached hydrogens (tertiary/aromatic N) is 1. The summed E-state index contributed by atoms with van der Waals surface area (Å²) in [6.07, 6.45) is 0. The van der Waals surface area contributed by atoms with E-state index >= 15 is 0 Å². The summed E-state index contributed by atoms with van der Waals surface area (Å²) in [5.41, 5.74) is 1.39. The van der Waals surface area contributed by atoms with Gasteiger partial charge >= 0.3 is 0 Å². The zero-order valence-electron chi connectivity index (χ0n) is 15.6. The highest BCUT2D eigenvalue weighted by atomic mass is 35.5. The zero-order valence-corrected chi connectivity index (χ0v) is 16.4. The summed E-state index contributed by atoms with van der Waals surface area (Å²) in [5.74, 6) is 0. The fraction of sp³-hybridized carbons (Fsp3) is 0.304. The maximum atomic E-state index is 3.63. The van der Waals surface area contributed by atoms with Crippen molar-refractivity contribution in [3.8, 4) is 0 Å². The Morgan fingerprint density at radius 1 is 0.769 bits per heavy atom. The smallest absolute Gasteiger partial charge is 0.0212 e. The third-order valence-electron chi connectivity index (χ3n) is 5.43. The van der Waals surface area contributed by atoms with Crippen LogP contribution >= 0.6 is 12.4 Å². The van der Waals surface area contributed by atoms with Crippen molar-refractivity contribution in [3.05, 3.63) is 60.2 Å². The first-order valence-electron chi connectivity index (χ1n) is 9.40. The lowest BCUT2D eigenvalue weighted by Crippen LogP contribution is -2.31. The Balaban J connectivity index is 0.00000196. The molecule has 4 aromatic rings. The molecule has 0 aliphatic carbocycles. The molecule has 0 aliphatic heterocycles. The Morgan fingerprint density at radius 3 is 2.08 bits per heavy atom. The number of hydrogen-bond acceptors (Lipinski definition) is 2. The molecule has 4 rings (SSSR count). The van der Waals surface area contributed by atoms with Crippen molar-refractivity contribution in [2.45, 2.75) is 20.4 Å². The summed E-state index contributed by atoms with van der Waals surface area (Å²) in [6.45, 7) is 9.76. The minimum atomic E-state index is 0. The first-order chi connectivity index (χ1) is 12.3. The number of rotatable bonds is 7. The Labute approximate surface area is 161 Å². The summed E-state index contributed by atoms with van der Waals surface area (Å²) in [4.78, 5) is 2.46. The van der Waals surface area contributed by atoms with E-state index in [2.05, 4.69) is 78.7 Å². The van der Waals surface area contributed by atoms with Crippen molar-refractivity contribution in [1.29, 1.82) is 0 Å². The summed E-state index contributed by atoms with van der Waals surface area (Å²) in [7, 11) is 0. The highest BCUT2D eigenvalue weighted by Gasteiger charge is 2.10. The second kappa shape index (κ2) is 8.22. The van der Waals surface area contributed by atoms with E-state index in [4.69, 9.17) is 0 Å². The molecule has 0 saturated carbocycles. The maximum absolute atomic E-state index is 3.63. The lowest BCUT2D eigenvalue weighted by molar-refractivity contribution is 0.302. The van der Waals surface area contributed by atoms with Gasteiger partial charge < -0.3 is 10.2 Å². The zero-order chi connectivity index (χ0) is 17.2. The molecule has 1 N–H and O–H groups in total. The summed E-state index contributed by atoms with van der Waals surface area (Å²) in [6, 6.07) is 20.2. The predicted molar refractivity (Wildman–Crippen MR) is 117 cm³/mol. The highest BCUT2D eigenvalue weighted by molar-refractivity contribution is 6.23. The average Bonchev–Trinajstić information content (AvgIpc) is 2.67. The lowest BCUT2D eigenvalue weighted by atomic mass is 9.92. The fourth-order valence-corrected chi connectivity index (χ4v) is 3.95. The second-order valence-corrected chi connectivity index (χ2v) is 6.78. The molecule has 0 saturated heterocycles. The molecule has 136 valence electrons. The maximum Gasteiger partial charge on any atom is 0.0212 e. The molecule has 3 heteroatoms. The van der Waals surface area contributed by atoms with Crippen molar-refractivity contribution in [1.82, 2.24) is 10.2 Å². The Hall–Kier alpha value is -1.87. The van der Waals surface area contributed by atoms with Gasteiger partial charge in [-0.1, -0.05) is 68.4 Å². The lowest BCUT2D eigenvalue weighted by Gasteiger charge is -2.18. The van der Waals surface area contributed by atoms with Gasteiger partial charge in [0.1, 0.15) is 0 Å². The fourth-order valence-electron chi connectivity index (χ4n) is 3.95. The van der Waals surface area contributed by atoms with E-state index in [0.29, 0.717) is 0 Å². The number of likely N-dealkylation sites (N-methyl/N-ethyl adjacent to an activating group) is 1. The molecule has 26 heavy (non-hydrogen) atoms. The molecule has 0 aromatic heterocycles. The molecule has 0 unspecified atom stereocenters. The van der Waals surface area contributed by atoms with Crippen LogP contribution in [0.25, 0.3) is 32.3 Å². The van der Waals surface area contributed by atoms with Gasteiger partial charge in [-0.2, -0.15) is 0 Å². The largest absolute Gasteiger partial charge is 0.311 e. The molecular formula is C23H27ClN2. The molecule has 0 heterocycles. The van der Waals surface area contributed by atoms with E-state index < -0.39 is 0 Å². The monoisotopic (exact) mass is 366 g/mol. The molecule has 2 nitrogen and oxygen atoms in total. The predicted octanol–water partition coefficient (Wildman–Crippen LogP) is 5.44. The summed E-state index contributed by atoms with van der Waals surface area (Å²) < 4.78 is 0. The molecule has 0 atom stereocenters. The van der Waals surface area contributed by atoms with Crippen molar-refractivity contribution < 1.29 is 0 Å². The summed E-state index contributed by atoms with van der Waals surface area (Å²) in [5, 5.41) is 11.9. The third-order valence-corrected chi connectivity index (χ3v) is 5.43. The van der Waals surface area contributed by atoms with Gasteiger partial charge in [-0.25, -0.2) is 0 Å². The van der Waals surface area contributed by atoms with E-state index in [1.54, 1.807) is 0 Å². The van der Waals surface area contributed by atoms with Gasteiger partial charge in [0.25, 0.3) is 0 Å². The SMILES string of the molecule is CCN(CC)CCNCc1ccc2ccc3cccc4ccc1c2c34.Cl. The van der Waals surface area contributed by atoms with Crippen molar-refractivity contribution in [2.24, 2.45) is 0 Å². The van der Waals surface area contributed by atoms with Crippen LogP contribution in [0.3, 0.4) is 0 Å². The van der Waals surface area contributed by atoms with Gasteiger partial charge in [-0.3, -0.25) is 0 Å². The topological polar surface area (TPSA) is 15.3 Å². The second-order valence-electron chi connectivity index (χ2n) is 6.78. The van der Waals surface area contributed by atoms with Crippen LogP contribution in [0.1, 0.15) is 19.4 Å². The number of halogens is 1. The van der Waals surface area contributed by atoms with Gasteiger partial charge in [0.05, 0.1) is 0 Å². The molecule has 0 aliphatic rings. The van der Waals surface area contributed by atoms with E-state index in [1.165, 1.54) is 37.9 Å². The van der Waals surface area contributed by atoms with E-state index in [0.717, 1.165) is 32.7 Å². The van der Waals surface area contributed by atoms with Crippen LogP contribution in [-0.2, 0) is 6.54 Å². The minimum absolute atomic E-state index is 0. The van der Waals surface area contributed by atoms with Crippen LogP contribution in [0.4, 0.5) is 0 Å². The Morgan fingerprint density at radius 2 is 1.38 bits per heavy atom. The number of benzene rings is 4. The molecule has 0 amide bonds. The van der Waals surface area contributed by atoms with Gasteiger partial charge in [0, 0.05) is 19.6 Å². The highest BCUT2D eigenvalue weighted by Crippen LogP contribution is 2.35. The van der Waals surface area contributed by atoms with Crippen molar-refractivity contribution in [2.75, 3.05) is 26.2 Å². The van der Waals surface area contributed by atoms with E-state index in [9.17, 15) is 0 Å². The van der Waals surface area contributed by atoms with Crippen molar-refractivity contribution in [3.63, 3.8) is 0 Å². The molecule has 0 fully saturated rings. The average molecular weight is 367 g/mol. The minimum Gasteiger partial charge on any atom is -0.311 e. The van der Waals surface area contributed by atoms with Gasteiger partial charge in [-0.15, -0.1) is 12.4 Å². The summed E-state index contributed by atoms with van der Waals surface area (Å²) >= 11 is 0. The van der Waals surface area contributed by atoms with Crippen LogP contribution in [-0.4, -0.2) is 31.1 Å². The van der Waals surface area contributed by atoms with Crippen LogP contribution < -0.4 is 5.32 Å². The van der Waals surface area contributed by atoms with Gasteiger partial charge in [-0.05, 0) is 51.0 Å². The van der Waals surface area contributed by atoms with Crippen molar-refractivity contribution >= 4 is 44.7 Å². The Kier molecular flexibility index (Phi) is 5.98. The van der Waals surface area contributed by atoms with Crippen LogP contribution in [0, 0.1) is 0 Å². The van der Waals surface area contributed by atoms with E-state index in [1.807, 2.05) is 0 Å². The first-order valence-corrected chi connectivity index (χ1v) is 9.40. The molecule has 0 spiro atoms. The van der Waals surface area contributed by atoms with Crippen LogP contribution in [0.5, 0.6) is 0 Å². The third kappa shape index (κ3) is 3.37. The quantitative estimate of drug-likeness (QED) is 0.346. The van der Waals surface area contributed by atoms with Gasteiger partial charge in [0.2, 0.25) is 0 Å². The molecular weight excluding hydrogens is 340 g/mol. The van der Waals surface area contributed by atoms with E-state index in [-0.39, 0.29) is 12.4 Å².